The number of aryl methyl sites for hydroxylation is 1. The lowest BCUT2D eigenvalue weighted by Crippen LogP contribution is -2.30. The van der Waals surface area contributed by atoms with Crippen LogP contribution in [0.2, 0.25) is 0 Å². The lowest BCUT2D eigenvalue weighted by molar-refractivity contribution is 0.602. The van der Waals surface area contributed by atoms with Crippen LogP contribution in [0.25, 0.3) is 0 Å². The number of hydrogen-bond acceptors (Lipinski definition) is 2. The maximum atomic E-state index is 5.89. The van der Waals surface area contributed by atoms with Crippen molar-refractivity contribution in [2.75, 3.05) is 0 Å². The van der Waals surface area contributed by atoms with Crippen molar-refractivity contribution < 1.29 is 0 Å². The molecule has 0 amide bonds. The molecule has 24 heavy (non-hydrogen) atoms. The average Bonchev–Trinajstić information content (AvgIpc) is 2.57. The van der Waals surface area contributed by atoms with E-state index < -0.39 is 0 Å². The molecule has 3 N–H and O–H groups in total. The van der Waals surface area contributed by atoms with Crippen molar-refractivity contribution in [3.05, 3.63) is 82.2 Å². The Morgan fingerprint density at radius 3 is 2.67 bits per heavy atom. The van der Waals surface area contributed by atoms with Crippen molar-refractivity contribution in [3.8, 4) is 0 Å². The van der Waals surface area contributed by atoms with E-state index in [-0.39, 0.29) is 0 Å². The molecule has 1 aliphatic heterocycles. The van der Waals surface area contributed by atoms with Crippen LogP contribution in [0.4, 0.5) is 0 Å². The molecular formula is C22H28N2. The highest BCUT2D eigenvalue weighted by molar-refractivity contribution is 5.41. The summed E-state index contributed by atoms with van der Waals surface area (Å²) in [6, 6.07) is 9.14. The molecule has 1 aromatic rings. The van der Waals surface area contributed by atoms with Crippen molar-refractivity contribution in [1.29, 1.82) is 0 Å². The molecule has 0 fully saturated rings. The Bertz CT molecular complexity index is 734. The van der Waals surface area contributed by atoms with Gasteiger partial charge in [0.15, 0.2) is 0 Å². The molecule has 2 aliphatic rings. The molecule has 2 heteroatoms. The maximum Gasteiger partial charge on any atom is 0.0501 e. The smallest absolute Gasteiger partial charge is 0.0501 e. The number of benzene rings is 1. The third-order valence-corrected chi connectivity index (χ3v) is 5.23. The van der Waals surface area contributed by atoms with Gasteiger partial charge in [0.1, 0.15) is 0 Å². The summed E-state index contributed by atoms with van der Waals surface area (Å²) in [7, 11) is 0. The lowest BCUT2D eigenvalue weighted by atomic mass is 9.81. The number of hydrogen-bond donors (Lipinski definition) is 2. The summed E-state index contributed by atoms with van der Waals surface area (Å²) < 4.78 is 0. The van der Waals surface area contributed by atoms with E-state index in [2.05, 4.69) is 61.7 Å². The summed E-state index contributed by atoms with van der Waals surface area (Å²) in [6.07, 6.45) is 12.3. The maximum absolute atomic E-state index is 5.89. The van der Waals surface area contributed by atoms with E-state index in [0.717, 1.165) is 30.7 Å². The first-order valence-corrected chi connectivity index (χ1v) is 8.88. The zero-order valence-corrected chi connectivity index (χ0v) is 15.0. The van der Waals surface area contributed by atoms with Crippen molar-refractivity contribution in [2.24, 2.45) is 5.73 Å². The second kappa shape index (κ2) is 7.12. The van der Waals surface area contributed by atoms with Gasteiger partial charge in [0, 0.05) is 17.7 Å². The Labute approximate surface area is 145 Å². The van der Waals surface area contributed by atoms with Gasteiger partial charge in [-0.1, -0.05) is 53.6 Å². The predicted octanol–water partition coefficient (Wildman–Crippen LogP) is 4.85. The second-order valence-corrected chi connectivity index (χ2v) is 7.04. The molecule has 2 atom stereocenters. The third-order valence-electron chi connectivity index (χ3n) is 5.23. The van der Waals surface area contributed by atoms with Crippen LogP contribution in [0, 0.1) is 6.92 Å². The van der Waals surface area contributed by atoms with E-state index in [9.17, 15) is 0 Å². The molecular weight excluding hydrogens is 292 g/mol. The van der Waals surface area contributed by atoms with Crippen LogP contribution in [-0.4, -0.2) is 6.04 Å². The summed E-state index contributed by atoms with van der Waals surface area (Å²) in [5.41, 5.74) is 13.6. The third kappa shape index (κ3) is 3.64. The molecule has 2 unspecified atom stereocenters. The normalized spacial score (nSPS) is 23.6. The van der Waals surface area contributed by atoms with Crippen LogP contribution in [0.15, 0.2) is 71.1 Å². The number of nitrogens with one attached hydrogen (secondary N) is 1. The lowest BCUT2D eigenvalue weighted by Gasteiger charge is -2.25. The quantitative estimate of drug-likeness (QED) is 0.832. The summed E-state index contributed by atoms with van der Waals surface area (Å²) in [4.78, 5) is 0. The SMILES string of the molecule is CC1=CC(CCC2C=CC(N)=C(C)N2)=CCC1c1ccccc1C. The van der Waals surface area contributed by atoms with E-state index in [0.29, 0.717) is 12.0 Å². The summed E-state index contributed by atoms with van der Waals surface area (Å²) >= 11 is 0. The number of dihydropyridines is 1. The number of allylic oxidation sites excluding steroid dienone is 6. The van der Waals surface area contributed by atoms with Crippen LogP contribution in [0.5, 0.6) is 0 Å². The van der Waals surface area contributed by atoms with Crippen LogP contribution in [0.3, 0.4) is 0 Å². The van der Waals surface area contributed by atoms with Gasteiger partial charge in [0.05, 0.1) is 5.70 Å². The van der Waals surface area contributed by atoms with E-state index in [1.54, 1.807) is 0 Å². The minimum atomic E-state index is 0.390. The number of rotatable bonds is 4. The molecule has 0 bridgehead atoms. The van der Waals surface area contributed by atoms with Gasteiger partial charge < -0.3 is 11.1 Å². The summed E-state index contributed by atoms with van der Waals surface area (Å²) in [5.74, 6) is 0.535. The van der Waals surface area contributed by atoms with Gasteiger partial charge in [0.2, 0.25) is 0 Å². The Hall–Kier alpha value is -2.22. The van der Waals surface area contributed by atoms with E-state index >= 15 is 0 Å². The van der Waals surface area contributed by atoms with Gasteiger partial charge in [-0.15, -0.1) is 0 Å². The average molecular weight is 320 g/mol. The first-order chi connectivity index (χ1) is 11.5. The fraction of sp³-hybridized carbons (Fsp3) is 0.364. The van der Waals surface area contributed by atoms with E-state index in [1.165, 1.54) is 22.3 Å². The molecule has 1 aliphatic carbocycles. The summed E-state index contributed by atoms with van der Waals surface area (Å²) in [5, 5.41) is 3.48. The molecule has 0 saturated heterocycles. The standard InChI is InChI=1S/C22H28N2/c1-15-6-4-5-7-20(15)21-12-9-18(14-16(21)2)8-10-19-11-13-22(23)17(3)24-19/h4-7,9,11,13-14,19,21,24H,8,10,12,23H2,1-3H3. The van der Waals surface area contributed by atoms with E-state index in [4.69, 9.17) is 5.73 Å². The van der Waals surface area contributed by atoms with Crippen LogP contribution < -0.4 is 11.1 Å². The fourth-order valence-electron chi connectivity index (χ4n) is 3.68. The minimum Gasteiger partial charge on any atom is -0.397 e. The van der Waals surface area contributed by atoms with E-state index in [1.807, 2.05) is 13.0 Å². The highest BCUT2D eigenvalue weighted by Crippen LogP contribution is 2.35. The van der Waals surface area contributed by atoms with Crippen molar-refractivity contribution in [1.82, 2.24) is 5.32 Å². The second-order valence-electron chi connectivity index (χ2n) is 7.04. The molecule has 0 spiro atoms. The van der Waals surface area contributed by atoms with Crippen LogP contribution in [0.1, 0.15) is 50.2 Å². The first kappa shape index (κ1) is 16.6. The largest absolute Gasteiger partial charge is 0.397 e. The highest BCUT2D eigenvalue weighted by atomic mass is 14.9. The Kier molecular flexibility index (Phi) is 4.94. The van der Waals surface area contributed by atoms with Gasteiger partial charge in [0.25, 0.3) is 0 Å². The molecule has 1 aromatic carbocycles. The van der Waals surface area contributed by atoms with Crippen molar-refractivity contribution >= 4 is 0 Å². The van der Waals surface area contributed by atoms with Crippen LogP contribution in [-0.2, 0) is 0 Å². The topological polar surface area (TPSA) is 38.0 Å². The summed E-state index contributed by atoms with van der Waals surface area (Å²) in [6.45, 7) is 6.53. The predicted molar refractivity (Wildman–Crippen MR) is 103 cm³/mol. The van der Waals surface area contributed by atoms with Gasteiger partial charge in [-0.3, -0.25) is 0 Å². The molecule has 1 heterocycles. The molecule has 3 rings (SSSR count). The molecule has 0 saturated carbocycles. The molecule has 126 valence electrons. The van der Waals surface area contributed by atoms with Crippen molar-refractivity contribution in [2.45, 2.75) is 52.0 Å². The monoisotopic (exact) mass is 320 g/mol. The highest BCUT2D eigenvalue weighted by Gasteiger charge is 2.19. The minimum absolute atomic E-state index is 0.390. The Morgan fingerprint density at radius 2 is 1.96 bits per heavy atom. The zero-order valence-electron chi connectivity index (χ0n) is 15.0. The zero-order chi connectivity index (χ0) is 17.1. The van der Waals surface area contributed by atoms with Gasteiger partial charge in [-0.25, -0.2) is 0 Å². The number of nitrogens with two attached hydrogens (primary N) is 1. The van der Waals surface area contributed by atoms with Crippen LogP contribution >= 0.6 is 0 Å². The Balaban J connectivity index is 1.61. The molecule has 0 radical (unpaired) electrons. The van der Waals surface area contributed by atoms with Gasteiger partial charge >= 0.3 is 0 Å². The van der Waals surface area contributed by atoms with Gasteiger partial charge in [-0.05, 0) is 57.2 Å². The van der Waals surface area contributed by atoms with Crippen molar-refractivity contribution in [3.63, 3.8) is 0 Å². The first-order valence-electron chi connectivity index (χ1n) is 8.88. The molecule has 0 aromatic heterocycles. The van der Waals surface area contributed by atoms with Gasteiger partial charge in [-0.2, -0.15) is 0 Å². The molecule has 2 nitrogen and oxygen atoms in total. The fourth-order valence-corrected chi connectivity index (χ4v) is 3.68. The Morgan fingerprint density at radius 1 is 1.17 bits per heavy atom.